The standard InChI is InChI=1S/C7H10N4O2S/c1-14(12,13)4-2-3-11-6-9-7(5-8)10-11/h6H,2-4H2,1H3. The molecule has 6 nitrogen and oxygen atoms in total. The number of sulfone groups is 1. The van der Waals surface area contributed by atoms with Gasteiger partial charge in [-0.3, -0.25) is 4.68 Å². The smallest absolute Gasteiger partial charge is 0.252 e. The first kappa shape index (κ1) is 10.7. The van der Waals surface area contributed by atoms with Crippen molar-refractivity contribution in [3.05, 3.63) is 12.2 Å². The third kappa shape index (κ3) is 3.53. The number of hydrogen-bond acceptors (Lipinski definition) is 5. The normalized spacial score (nSPS) is 11.1. The van der Waals surface area contributed by atoms with Crippen LogP contribution in [0.15, 0.2) is 6.33 Å². The van der Waals surface area contributed by atoms with E-state index in [0.29, 0.717) is 13.0 Å². The molecule has 1 heterocycles. The van der Waals surface area contributed by atoms with Gasteiger partial charge in [-0.05, 0) is 6.42 Å². The highest BCUT2D eigenvalue weighted by Gasteiger charge is 2.03. The second-order valence-electron chi connectivity index (χ2n) is 2.93. The lowest BCUT2D eigenvalue weighted by molar-refractivity contribution is 0.575. The Labute approximate surface area is 82.1 Å². The van der Waals surface area contributed by atoms with Crippen molar-refractivity contribution in [2.24, 2.45) is 0 Å². The van der Waals surface area contributed by atoms with Crippen LogP contribution >= 0.6 is 0 Å². The Morgan fingerprint density at radius 3 is 2.86 bits per heavy atom. The third-order valence-corrected chi connectivity index (χ3v) is 2.57. The van der Waals surface area contributed by atoms with Crippen LogP contribution in [0.3, 0.4) is 0 Å². The molecule has 1 rings (SSSR count). The number of rotatable bonds is 4. The Morgan fingerprint density at radius 1 is 1.64 bits per heavy atom. The van der Waals surface area contributed by atoms with E-state index >= 15 is 0 Å². The summed E-state index contributed by atoms with van der Waals surface area (Å²) in [6.45, 7) is 0.460. The van der Waals surface area contributed by atoms with Gasteiger partial charge in [0.25, 0.3) is 5.82 Å². The summed E-state index contributed by atoms with van der Waals surface area (Å²) in [6.07, 6.45) is 3.09. The highest BCUT2D eigenvalue weighted by molar-refractivity contribution is 7.90. The first-order chi connectivity index (χ1) is 6.51. The average molecular weight is 214 g/mol. The van der Waals surface area contributed by atoms with Crippen molar-refractivity contribution in [3.8, 4) is 6.07 Å². The van der Waals surface area contributed by atoms with E-state index in [-0.39, 0.29) is 11.6 Å². The van der Waals surface area contributed by atoms with Crippen molar-refractivity contribution in [1.29, 1.82) is 5.26 Å². The topological polar surface area (TPSA) is 88.6 Å². The maximum Gasteiger partial charge on any atom is 0.252 e. The van der Waals surface area contributed by atoms with Crippen molar-refractivity contribution >= 4 is 9.84 Å². The van der Waals surface area contributed by atoms with Gasteiger partial charge in [0.2, 0.25) is 0 Å². The Morgan fingerprint density at radius 2 is 2.36 bits per heavy atom. The second kappa shape index (κ2) is 4.19. The summed E-state index contributed by atoms with van der Waals surface area (Å²) in [6, 6.07) is 1.79. The van der Waals surface area contributed by atoms with E-state index in [4.69, 9.17) is 5.26 Å². The van der Waals surface area contributed by atoms with Crippen LogP contribution in [0.4, 0.5) is 0 Å². The van der Waals surface area contributed by atoms with Crippen LogP contribution in [-0.2, 0) is 16.4 Å². The molecule has 0 aliphatic carbocycles. The zero-order chi connectivity index (χ0) is 10.6. The van der Waals surface area contributed by atoms with E-state index in [1.54, 1.807) is 6.07 Å². The molecule has 14 heavy (non-hydrogen) atoms. The molecule has 0 aliphatic heterocycles. The van der Waals surface area contributed by atoms with Crippen molar-refractivity contribution in [3.63, 3.8) is 0 Å². The molecule has 1 aromatic heterocycles. The highest BCUT2D eigenvalue weighted by Crippen LogP contribution is 1.94. The van der Waals surface area contributed by atoms with Gasteiger partial charge in [0, 0.05) is 12.8 Å². The van der Waals surface area contributed by atoms with Crippen LogP contribution in [0.25, 0.3) is 0 Å². The van der Waals surface area contributed by atoms with Crippen LogP contribution in [0.5, 0.6) is 0 Å². The van der Waals surface area contributed by atoms with Gasteiger partial charge >= 0.3 is 0 Å². The molecule has 0 spiro atoms. The SMILES string of the molecule is CS(=O)(=O)CCCn1cnc(C#N)n1. The van der Waals surface area contributed by atoms with Crippen molar-refractivity contribution in [2.75, 3.05) is 12.0 Å². The molecule has 1 aromatic rings. The summed E-state index contributed by atoms with van der Waals surface area (Å²) < 4.78 is 23.0. The first-order valence-electron chi connectivity index (χ1n) is 3.98. The number of aromatic nitrogens is 3. The monoisotopic (exact) mass is 214 g/mol. The molecule has 0 N–H and O–H groups in total. The van der Waals surface area contributed by atoms with Gasteiger partial charge in [0.1, 0.15) is 22.2 Å². The largest absolute Gasteiger partial charge is 0.252 e. The first-order valence-corrected chi connectivity index (χ1v) is 6.04. The lowest BCUT2D eigenvalue weighted by atomic mass is 10.5. The zero-order valence-corrected chi connectivity index (χ0v) is 8.53. The number of nitriles is 1. The van der Waals surface area contributed by atoms with Gasteiger partial charge in [-0.25, -0.2) is 13.4 Å². The molecule has 0 bridgehead atoms. The molecule has 7 heteroatoms. The number of nitrogens with zero attached hydrogens (tertiary/aromatic N) is 4. The van der Waals surface area contributed by atoms with E-state index in [0.717, 1.165) is 0 Å². The molecule has 0 fully saturated rings. The predicted octanol–water partition coefficient (Wildman–Crippen LogP) is -0.416. The van der Waals surface area contributed by atoms with E-state index in [1.165, 1.54) is 17.3 Å². The van der Waals surface area contributed by atoms with Gasteiger partial charge in [-0.1, -0.05) is 0 Å². The maximum absolute atomic E-state index is 10.8. The summed E-state index contributed by atoms with van der Waals surface area (Å²) in [7, 11) is -2.92. The molecule has 0 saturated carbocycles. The molecular weight excluding hydrogens is 204 g/mol. The minimum atomic E-state index is -2.92. The number of aryl methyl sites for hydroxylation is 1. The third-order valence-electron chi connectivity index (χ3n) is 1.54. The fourth-order valence-electron chi connectivity index (χ4n) is 0.942. The van der Waals surface area contributed by atoms with Gasteiger partial charge in [-0.2, -0.15) is 5.26 Å². The van der Waals surface area contributed by atoms with Crippen LogP contribution in [0.2, 0.25) is 0 Å². The van der Waals surface area contributed by atoms with Crippen LogP contribution in [-0.4, -0.2) is 35.2 Å². The Bertz CT molecular complexity index is 443. The Kier molecular flexibility index (Phi) is 3.19. The van der Waals surface area contributed by atoms with Crippen molar-refractivity contribution in [1.82, 2.24) is 14.8 Å². The van der Waals surface area contributed by atoms with Gasteiger partial charge in [-0.15, -0.1) is 5.10 Å². The fourth-order valence-corrected chi connectivity index (χ4v) is 1.60. The summed E-state index contributed by atoms with van der Waals surface area (Å²) >= 11 is 0. The molecule has 0 unspecified atom stereocenters. The summed E-state index contributed by atoms with van der Waals surface area (Å²) in [5.74, 6) is 0.221. The summed E-state index contributed by atoms with van der Waals surface area (Å²) in [4.78, 5) is 3.69. The van der Waals surface area contributed by atoms with Gasteiger partial charge < -0.3 is 0 Å². The number of hydrogen-bond donors (Lipinski definition) is 0. The minimum absolute atomic E-state index is 0.101. The van der Waals surface area contributed by atoms with Crippen molar-refractivity contribution < 1.29 is 8.42 Å². The summed E-state index contributed by atoms with van der Waals surface area (Å²) in [5, 5.41) is 12.2. The molecule has 0 saturated heterocycles. The quantitative estimate of drug-likeness (QED) is 0.679. The molecule has 0 aliphatic rings. The van der Waals surface area contributed by atoms with Crippen LogP contribution < -0.4 is 0 Å². The predicted molar refractivity (Wildman–Crippen MR) is 49.1 cm³/mol. The van der Waals surface area contributed by atoms with Crippen LogP contribution in [0, 0.1) is 11.3 Å². The fraction of sp³-hybridized carbons (Fsp3) is 0.571. The minimum Gasteiger partial charge on any atom is -0.252 e. The molecule has 0 atom stereocenters. The lowest BCUT2D eigenvalue weighted by Crippen LogP contribution is -2.07. The van der Waals surface area contributed by atoms with Crippen LogP contribution in [0.1, 0.15) is 12.2 Å². The molecular formula is C7H10N4O2S. The maximum atomic E-state index is 10.8. The average Bonchev–Trinajstić information content (AvgIpc) is 2.50. The zero-order valence-electron chi connectivity index (χ0n) is 7.71. The van der Waals surface area contributed by atoms with E-state index in [2.05, 4.69) is 10.1 Å². The van der Waals surface area contributed by atoms with Crippen molar-refractivity contribution in [2.45, 2.75) is 13.0 Å². The molecule has 76 valence electrons. The molecule has 0 radical (unpaired) electrons. The van der Waals surface area contributed by atoms with Gasteiger partial charge in [0.15, 0.2) is 0 Å². The van der Waals surface area contributed by atoms with E-state index in [1.807, 2.05) is 0 Å². The molecule has 0 aromatic carbocycles. The van der Waals surface area contributed by atoms with E-state index < -0.39 is 9.84 Å². The van der Waals surface area contributed by atoms with Gasteiger partial charge in [0.05, 0.1) is 5.75 Å². The summed E-state index contributed by atoms with van der Waals surface area (Å²) in [5.41, 5.74) is 0. The Hall–Kier alpha value is -1.42. The second-order valence-corrected chi connectivity index (χ2v) is 5.19. The molecule has 0 amide bonds. The lowest BCUT2D eigenvalue weighted by Gasteiger charge is -1.98. The Balaban J connectivity index is 2.44. The highest BCUT2D eigenvalue weighted by atomic mass is 32.2. The van der Waals surface area contributed by atoms with E-state index in [9.17, 15) is 8.42 Å².